The summed E-state index contributed by atoms with van der Waals surface area (Å²) >= 11 is 5.28. The average Bonchev–Trinajstić information content (AvgIpc) is 2.01. The molecule has 0 fully saturated rings. The highest BCUT2D eigenvalue weighted by Gasteiger charge is 2.35. The van der Waals surface area contributed by atoms with Crippen molar-refractivity contribution in [3.05, 3.63) is 34.1 Å². The Bertz CT molecular complexity index is 405. The highest BCUT2D eigenvalue weighted by Crippen LogP contribution is 2.35. The Hall–Kier alpha value is -1.28. The average molecular weight is 224 g/mol. The number of hydrogen-bond acceptors (Lipinski definition) is 1. The van der Waals surface area contributed by atoms with Crippen molar-refractivity contribution >= 4 is 11.6 Å². The van der Waals surface area contributed by atoms with E-state index in [-0.39, 0.29) is 6.07 Å². The number of alkyl halides is 3. The van der Waals surface area contributed by atoms with Crippen LogP contribution in [0.1, 0.15) is 11.1 Å². The summed E-state index contributed by atoms with van der Waals surface area (Å²) in [5.74, 6) is -1.12. The first-order valence-electron chi connectivity index (χ1n) is 3.32. The minimum atomic E-state index is -4.78. The molecule has 0 unspecified atom stereocenters. The van der Waals surface area contributed by atoms with Gasteiger partial charge in [0, 0.05) is 0 Å². The maximum absolute atomic E-state index is 12.6. The molecule has 1 aromatic carbocycles. The van der Waals surface area contributed by atoms with E-state index in [1.165, 1.54) is 6.07 Å². The molecule has 0 aromatic heterocycles. The lowest BCUT2D eigenvalue weighted by atomic mass is 10.1. The van der Waals surface area contributed by atoms with Crippen molar-refractivity contribution in [2.24, 2.45) is 0 Å². The van der Waals surface area contributed by atoms with Crippen LogP contribution in [0.5, 0.6) is 0 Å². The smallest absolute Gasteiger partial charge is 0.207 e. The Balaban J connectivity index is 3.50. The normalized spacial score (nSPS) is 11.1. The fraction of sp³-hybridized carbons (Fsp3) is 0.125. The monoisotopic (exact) mass is 223 g/mol. The topological polar surface area (TPSA) is 23.8 Å². The van der Waals surface area contributed by atoms with Crippen LogP contribution in [-0.4, -0.2) is 0 Å². The first-order valence-corrected chi connectivity index (χ1v) is 3.70. The molecule has 0 saturated heterocycles. The minimum Gasteiger partial charge on any atom is -0.207 e. The van der Waals surface area contributed by atoms with Crippen LogP contribution in [0, 0.1) is 17.1 Å². The lowest BCUT2D eigenvalue weighted by Crippen LogP contribution is -2.08. The van der Waals surface area contributed by atoms with E-state index < -0.39 is 28.1 Å². The van der Waals surface area contributed by atoms with Gasteiger partial charge < -0.3 is 0 Å². The van der Waals surface area contributed by atoms with Gasteiger partial charge in [-0.15, -0.1) is 0 Å². The van der Waals surface area contributed by atoms with E-state index >= 15 is 0 Å². The molecule has 0 aliphatic carbocycles. The highest BCUT2D eigenvalue weighted by molar-refractivity contribution is 6.31. The Morgan fingerprint density at radius 3 is 2.29 bits per heavy atom. The molecule has 74 valence electrons. The number of nitrogens with zero attached hydrogens (tertiary/aromatic N) is 1. The predicted molar refractivity (Wildman–Crippen MR) is 41.1 cm³/mol. The molecule has 0 amide bonds. The quantitative estimate of drug-likeness (QED) is 0.619. The lowest BCUT2D eigenvalue weighted by molar-refractivity contribution is -0.138. The van der Waals surface area contributed by atoms with Gasteiger partial charge in [-0.2, -0.15) is 18.4 Å². The van der Waals surface area contributed by atoms with Crippen LogP contribution in [0.15, 0.2) is 12.1 Å². The van der Waals surface area contributed by atoms with E-state index in [4.69, 9.17) is 16.9 Å². The maximum atomic E-state index is 12.6. The molecule has 0 spiro atoms. The highest BCUT2D eigenvalue weighted by atomic mass is 35.5. The second kappa shape index (κ2) is 3.46. The first-order chi connectivity index (χ1) is 6.36. The molecule has 0 atom stereocenters. The summed E-state index contributed by atoms with van der Waals surface area (Å²) in [5.41, 5.74) is -2.12. The van der Waals surface area contributed by atoms with Gasteiger partial charge in [-0.25, -0.2) is 4.39 Å². The molecule has 0 saturated carbocycles. The van der Waals surface area contributed by atoms with Crippen LogP contribution in [-0.2, 0) is 6.18 Å². The zero-order valence-corrected chi connectivity index (χ0v) is 7.25. The van der Waals surface area contributed by atoms with Crippen LogP contribution in [0.4, 0.5) is 17.6 Å². The van der Waals surface area contributed by atoms with Gasteiger partial charge in [0.05, 0.1) is 16.1 Å². The largest absolute Gasteiger partial charge is 0.417 e. The molecule has 14 heavy (non-hydrogen) atoms. The van der Waals surface area contributed by atoms with Crippen LogP contribution < -0.4 is 0 Å². The summed E-state index contributed by atoms with van der Waals surface area (Å²) in [5, 5.41) is 7.85. The van der Waals surface area contributed by atoms with E-state index in [2.05, 4.69) is 0 Å². The standard InChI is InChI=1S/C8H2ClF4N/c9-7-2-4(10)1-6(5(7)3-14)8(11,12)13/h1-2H. The molecule has 0 aliphatic rings. The number of benzene rings is 1. The summed E-state index contributed by atoms with van der Waals surface area (Å²) in [4.78, 5) is 0. The minimum absolute atomic E-state index is 0.241. The van der Waals surface area contributed by atoms with Crippen molar-refractivity contribution in [2.45, 2.75) is 6.18 Å². The molecule has 0 bridgehead atoms. The number of nitriles is 1. The predicted octanol–water partition coefficient (Wildman–Crippen LogP) is 3.37. The summed E-state index contributed by atoms with van der Waals surface area (Å²) in [6, 6.07) is 2.18. The second-order valence-corrected chi connectivity index (χ2v) is 2.83. The van der Waals surface area contributed by atoms with Crippen LogP contribution in [0.2, 0.25) is 5.02 Å². The lowest BCUT2D eigenvalue weighted by Gasteiger charge is -2.09. The Kier molecular flexibility index (Phi) is 2.67. The zero-order valence-electron chi connectivity index (χ0n) is 6.49. The number of hydrogen-bond donors (Lipinski definition) is 0. The maximum Gasteiger partial charge on any atom is 0.417 e. The van der Waals surface area contributed by atoms with Crippen LogP contribution >= 0.6 is 11.6 Å². The fourth-order valence-corrected chi connectivity index (χ4v) is 1.16. The van der Waals surface area contributed by atoms with Gasteiger partial charge in [0.1, 0.15) is 11.9 Å². The van der Waals surface area contributed by atoms with Crippen molar-refractivity contribution < 1.29 is 17.6 Å². The third-order valence-electron chi connectivity index (χ3n) is 1.47. The third kappa shape index (κ3) is 1.96. The Morgan fingerprint density at radius 2 is 1.86 bits per heavy atom. The Morgan fingerprint density at radius 1 is 1.29 bits per heavy atom. The first kappa shape index (κ1) is 10.8. The van der Waals surface area contributed by atoms with Crippen molar-refractivity contribution in [1.29, 1.82) is 5.26 Å². The molecule has 0 N–H and O–H groups in total. The van der Waals surface area contributed by atoms with Crippen LogP contribution in [0.3, 0.4) is 0 Å². The SMILES string of the molecule is N#Cc1c(Cl)cc(F)cc1C(F)(F)F. The molecule has 0 heterocycles. The van der Waals surface area contributed by atoms with Gasteiger partial charge in [-0.05, 0) is 12.1 Å². The summed E-state index contributed by atoms with van der Waals surface area (Å²) in [7, 11) is 0. The van der Waals surface area contributed by atoms with Gasteiger partial charge in [-0.1, -0.05) is 11.6 Å². The van der Waals surface area contributed by atoms with Gasteiger partial charge in [0.25, 0.3) is 0 Å². The summed E-state index contributed by atoms with van der Waals surface area (Å²) in [6.45, 7) is 0. The molecule has 0 aliphatic heterocycles. The molecule has 1 aromatic rings. The summed E-state index contributed by atoms with van der Waals surface area (Å²) in [6.07, 6.45) is -4.78. The number of rotatable bonds is 0. The van der Waals surface area contributed by atoms with Crippen molar-refractivity contribution in [3.63, 3.8) is 0 Å². The number of halogens is 5. The molecule has 6 heteroatoms. The zero-order chi connectivity index (χ0) is 10.9. The van der Waals surface area contributed by atoms with E-state index in [0.29, 0.717) is 6.07 Å². The second-order valence-electron chi connectivity index (χ2n) is 2.42. The fourth-order valence-electron chi connectivity index (χ4n) is 0.911. The molecular weight excluding hydrogens is 222 g/mol. The van der Waals surface area contributed by atoms with E-state index in [1.807, 2.05) is 0 Å². The van der Waals surface area contributed by atoms with Crippen LogP contribution in [0.25, 0.3) is 0 Å². The Labute approximate surface area is 81.5 Å². The van der Waals surface area contributed by atoms with E-state index in [1.54, 1.807) is 0 Å². The molecule has 1 rings (SSSR count). The van der Waals surface area contributed by atoms with Crippen molar-refractivity contribution in [2.75, 3.05) is 0 Å². The van der Waals surface area contributed by atoms with E-state index in [9.17, 15) is 17.6 Å². The van der Waals surface area contributed by atoms with E-state index in [0.717, 1.165) is 0 Å². The van der Waals surface area contributed by atoms with Gasteiger partial charge in [-0.3, -0.25) is 0 Å². The van der Waals surface area contributed by atoms with Gasteiger partial charge in [0.2, 0.25) is 0 Å². The molecule has 0 radical (unpaired) electrons. The van der Waals surface area contributed by atoms with Crippen molar-refractivity contribution in [3.8, 4) is 6.07 Å². The van der Waals surface area contributed by atoms with Gasteiger partial charge >= 0.3 is 6.18 Å². The third-order valence-corrected chi connectivity index (χ3v) is 1.77. The van der Waals surface area contributed by atoms with Gasteiger partial charge in [0.15, 0.2) is 0 Å². The molecule has 1 nitrogen and oxygen atoms in total. The summed E-state index contributed by atoms with van der Waals surface area (Å²) < 4.78 is 49.2. The van der Waals surface area contributed by atoms with Crippen molar-refractivity contribution in [1.82, 2.24) is 0 Å². The molecular formula is C8H2ClF4N.